The van der Waals surface area contributed by atoms with Crippen LogP contribution in [-0.2, 0) is 23.1 Å². The topological polar surface area (TPSA) is 110 Å². The maximum atomic E-state index is 12.7. The number of oxazole rings is 1. The Morgan fingerprint density at radius 2 is 2.25 bits per heavy atom. The summed E-state index contributed by atoms with van der Waals surface area (Å²) in [5.41, 5.74) is 1.42. The van der Waals surface area contributed by atoms with Crippen molar-refractivity contribution >= 4 is 15.9 Å². The molecule has 10 heteroatoms. The van der Waals surface area contributed by atoms with Crippen molar-refractivity contribution < 1.29 is 17.6 Å². The zero-order valence-corrected chi connectivity index (χ0v) is 14.3. The summed E-state index contributed by atoms with van der Waals surface area (Å²) >= 11 is 0. The van der Waals surface area contributed by atoms with E-state index in [-0.39, 0.29) is 24.1 Å². The van der Waals surface area contributed by atoms with Crippen LogP contribution in [0.2, 0.25) is 0 Å². The molecule has 1 aliphatic heterocycles. The summed E-state index contributed by atoms with van der Waals surface area (Å²) in [7, 11) is -3.30. The first-order valence-corrected chi connectivity index (χ1v) is 9.37. The molecule has 0 saturated carbocycles. The number of rotatable bonds is 4. The summed E-state index contributed by atoms with van der Waals surface area (Å²) in [5, 5.41) is 4.25. The Balaban J connectivity index is 1.84. The number of sulfonamides is 1. The van der Waals surface area contributed by atoms with Crippen LogP contribution in [-0.4, -0.2) is 53.3 Å². The van der Waals surface area contributed by atoms with Gasteiger partial charge < -0.3 is 9.32 Å². The molecule has 24 heavy (non-hydrogen) atoms. The molecule has 130 valence electrons. The van der Waals surface area contributed by atoms with Crippen molar-refractivity contribution in [2.75, 3.05) is 19.3 Å². The fourth-order valence-electron chi connectivity index (χ4n) is 2.74. The van der Waals surface area contributed by atoms with E-state index in [2.05, 4.69) is 14.8 Å². The van der Waals surface area contributed by atoms with Gasteiger partial charge in [-0.15, -0.1) is 0 Å². The van der Waals surface area contributed by atoms with Crippen LogP contribution in [0.3, 0.4) is 0 Å². The summed E-state index contributed by atoms with van der Waals surface area (Å²) in [5.74, 6) is -0.158. The van der Waals surface area contributed by atoms with E-state index in [1.807, 2.05) is 6.07 Å². The average molecular weight is 353 g/mol. The van der Waals surface area contributed by atoms with Crippen LogP contribution in [0.4, 0.5) is 0 Å². The molecule has 0 radical (unpaired) electrons. The zero-order chi connectivity index (χ0) is 17.3. The molecule has 0 saturated heterocycles. The van der Waals surface area contributed by atoms with Crippen LogP contribution in [0.25, 0.3) is 0 Å². The number of carbonyl (C=O) groups excluding carboxylic acids is 1. The molecule has 9 nitrogen and oxygen atoms in total. The van der Waals surface area contributed by atoms with Crippen molar-refractivity contribution in [3.8, 4) is 0 Å². The molecule has 0 aromatic carbocycles. The van der Waals surface area contributed by atoms with Crippen LogP contribution < -0.4 is 4.72 Å². The molecule has 1 amide bonds. The maximum absolute atomic E-state index is 12.7. The minimum absolute atomic E-state index is 0.104. The van der Waals surface area contributed by atoms with Crippen LogP contribution in [0.15, 0.2) is 23.1 Å². The third-order valence-electron chi connectivity index (χ3n) is 3.93. The Morgan fingerprint density at radius 3 is 2.92 bits per heavy atom. The molecule has 1 atom stereocenters. The number of carbonyl (C=O) groups is 1. The lowest BCUT2D eigenvalue weighted by atomic mass is 10.1. The van der Waals surface area contributed by atoms with Gasteiger partial charge in [0.05, 0.1) is 24.2 Å². The van der Waals surface area contributed by atoms with Crippen molar-refractivity contribution in [1.82, 2.24) is 24.4 Å². The zero-order valence-electron chi connectivity index (χ0n) is 13.5. The molecule has 0 unspecified atom stereocenters. The van der Waals surface area contributed by atoms with Gasteiger partial charge in [-0.2, -0.15) is 5.10 Å². The Morgan fingerprint density at radius 1 is 1.46 bits per heavy atom. The molecule has 3 rings (SSSR count). The van der Waals surface area contributed by atoms with Gasteiger partial charge in [-0.1, -0.05) is 0 Å². The summed E-state index contributed by atoms with van der Waals surface area (Å²) < 4.78 is 32.2. The number of nitrogens with zero attached hydrogens (tertiary/aromatic N) is 4. The first-order chi connectivity index (χ1) is 11.3. The van der Waals surface area contributed by atoms with E-state index in [4.69, 9.17) is 4.42 Å². The van der Waals surface area contributed by atoms with Crippen molar-refractivity contribution in [3.05, 3.63) is 35.8 Å². The van der Waals surface area contributed by atoms with E-state index in [1.54, 1.807) is 22.7 Å². The molecular formula is C14H19N5O4S. The fraction of sp³-hybridized carbons (Fsp3) is 0.500. The lowest BCUT2D eigenvalue weighted by molar-refractivity contribution is 0.0689. The third-order valence-corrected chi connectivity index (χ3v) is 4.62. The van der Waals surface area contributed by atoms with E-state index in [1.165, 1.54) is 6.39 Å². The summed E-state index contributed by atoms with van der Waals surface area (Å²) in [4.78, 5) is 18.3. The van der Waals surface area contributed by atoms with Gasteiger partial charge in [0, 0.05) is 31.7 Å². The molecule has 2 aromatic rings. The van der Waals surface area contributed by atoms with Gasteiger partial charge in [0.1, 0.15) is 0 Å². The average Bonchev–Trinajstić information content (AvgIpc) is 3.08. The molecule has 3 heterocycles. The van der Waals surface area contributed by atoms with E-state index < -0.39 is 10.0 Å². The van der Waals surface area contributed by atoms with E-state index >= 15 is 0 Å². The Hall–Kier alpha value is -2.20. The predicted octanol–water partition coefficient (Wildman–Crippen LogP) is 0.000920. The first kappa shape index (κ1) is 16.7. The summed E-state index contributed by atoms with van der Waals surface area (Å²) in [6, 6.07) is 1.85. The number of amides is 1. The largest absolute Gasteiger partial charge is 0.438 e. The smallest absolute Gasteiger partial charge is 0.291 e. The molecule has 0 aliphatic carbocycles. The van der Waals surface area contributed by atoms with Crippen LogP contribution in [0, 0.1) is 12.8 Å². The maximum Gasteiger partial charge on any atom is 0.291 e. The fourth-order valence-corrected chi connectivity index (χ4v) is 3.28. The number of nitrogens with one attached hydrogen (secondary N) is 1. The van der Waals surface area contributed by atoms with Gasteiger partial charge >= 0.3 is 0 Å². The first-order valence-electron chi connectivity index (χ1n) is 7.48. The SMILES string of the molecule is Cc1ncoc1C(=O)N1Cc2ccnn2C[C@H](CNS(C)(=O)=O)C1. The minimum atomic E-state index is -3.30. The van der Waals surface area contributed by atoms with Gasteiger partial charge in [0.25, 0.3) is 5.91 Å². The normalized spacial score (nSPS) is 18.2. The molecule has 0 bridgehead atoms. The van der Waals surface area contributed by atoms with Crippen molar-refractivity contribution in [3.63, 3.8) is 0 Å². The summed E-state index contributed by atoms with van der Waals surface area (Å²) in [6.45, 7) is 3.25. The van der Waals surface area contributed by atoms with Gasteiger partial charge in [-0.05, 0) is 13.0 Å². The molecule has 1 aliphatic rings. The second-order valence-corrected chi connectivity index (χ2v) is 7.78. The summed E-state index contributed by atoms with van der Waals surface area (Å²) in [6.07, 6.45) is 4.03. The molecule has 0 fully saturated rings. The van der Waals surface area contributed by atoms with E-state index in [0.717, 1.165) is 11.9 Å². The third kappa shape index (κ3) is 3.65. The van der Waals surface area contributed by atoms with E-state index in [9.17, 15) is 13.2 Å². The van der Waals surface area contributed by atoms with Crippen LogP contribution in [0.1, 0.15) is 21.9 Å². The number of aromatic nitrogens is 3. The highest BCUT2D eigenvalue weighted by atomic mass is 32.2. The highest BCUT2D eigenvalue weighted by molar-refractivity contribution is 7.88. The number of fused-ring (bicyclic) bond motifs is 1. The molecule has 0 spiro atoms. The lowest BCUT2D eigenvalue weighted by Gasteiger charge is -2.23. The van der Waals surface area contributed by atoms with E-state index in [0.29, 0.717) is 25.3 Å². The van der Waals surface area contributed by atoms with Crippen molar-refractivity contribution in [1.29, 1.82) is 0 Å². The second-order valence-electron chi connectivity index (χ2n) is 5.94. The lowest BCUT2D eigenvalue weighted by Crippen LogP contribution is -2.38. The highest BCUT2D eigenvalue weighted by Gasteiger charge is 2.29. The Bertz CT molecular complexity index is 841. The van der Waals surface area contributed by atoms with Gasteiger partial charge in [0.15, 0.2) is 6.39 Å². The molecule has 1 N–H and O–H groups in total. The Labute approximate surface area is 139 Å². The number of hydrogen-bond acceptors (Lipinski definition) is 6. The van der Waals surface area contributed by atoms with Crippen LogP contribution in [0.5, 0.6) is 0 Å². The highest BCUT2D eigenvalue weighted by Crippen LogP contribution is 2.19. The standard InChI is InChI=1S/C14H19N5O4S/c1-10-13(23-9-15-10)14(20)18-6-11(5-17-24(2,21)22)7-19-12(8-18)3-4-16-19/h3-4,9,11,17H,5-8H2,1-2H3/t11-/m1/s1. The number of hydrogen-bond donors (Lipinski definition) is 1. The second kappa shape index (κ2) is 6.36. The van der Waals surface area contributed by atoms with Crippen LogP contribution >= 0.6 is 0 Å². The molecule has 2 aromatic heterocycles. The van der Waals surface area contributed by atoms with Gasteiger partial charge in [0.2, 0.25) is 15.8 Å². The molecular weight excluding hydrogens is 334 g/mol. The van der Waals surface area contributed by atoms with Crippen molar-refractivity contribution in [2.45, 2.75) is 20.0 Å². The Kier molecular flexibility index (Phi) is 4.41. The predicted molar refractivity (Wildman–Crippen MR) is 84.5 cm³/mol. The quantitative estimate of drug-likeness (QED) is 0.828. The number of aryl methyl sites for hydroxylation is 1. The van der Waals surface area contributed by atoms with Gasteiger partial charge in [-0.3, -0.25) is 9.48 Å². The monoisotopic (exact) mass is 353 g/mol. The minimum Gasteiger partial charge on any atom is -0.438 e. The van der Waals surface area contributed by atoms with Gasteiger partial charge in [-0.25, -0.2) is 18.1 Å². The van der Waals surface area contributed by atoms with Crippen molar-refractivity contribution in [2.24, 2.45) is 5.92 Å².